The van der Waals surface area contributed by atoms with Crippen LogP contribution >= 0.6 is 0 Å². The van der Waals surface area contributed by atoms with E-state index in [1.165, 1.54) is 11.1 Å². The van der Waals surface area contributed by atoms with Crippen LogP contribution in [0.1, 0.15) is 16.7 Å². The minimum atomic E-state index is 0.445. The van der Waals surface area contributed by atoms with Gasteiger partial charge in [-0.05, 0) is 23.6 Å². The molecule has 0 aliphatic carbocycles. The first-order chi connectivity index (χ1) is 12.3. The molecule has 132 valence electrons. The summed E-state index contributed by atoms with van der Waals surface area (Å²) in [5, 5.41) is 3.18. The Morgan fingerprint density at radius 2 is 1.92 bits per heavy atom. The number of benzene rings is 2. The van der Waals surface area contributed by atoms with Gasteiger partial charge in [0.2, 0.25) is 0 Å². The Kier molecular flexibility index (Phi) is 6.04. The average Bonchev–Trinajstić information content (AvgIpc) is 2.63. The van der Waals surface area contributed by atoms with Crippen LogP contribution in [0.25, 0.3) is 0 Å². The number of aliphatic imine (C=N–C) groups is 1. The number of fused-ring (bicyclic) bond motifs is 1. The molecule has 1 aliphatic heterocycles. The zero-order chi connectivity index (χ0) is 17.5. The Morgan fingerprint density at radius 1 is 1.16 bits per heavy atom. The van der Waals surface area contributed by atoms with Crippen molar-refractivity contribution in [3.8, 4) is 0 Å². The van der Waals surface area contributed by atoms with Crippen LogP contribution in [-0.2, 0) is 24.3 Å². The van der Waals surface area contributed by atoms with E-state index in [-0.39, 0.29) is 0 Å². The van der Waals surface area contributed by atoms with E-state index >= 15 is 0 Å². The first-order valence-corrected chi connectivity index (χ1v) is 8.69. The number of nitrogens with zero attached hydrogens (tertiary/aromatic N) is 2. The molecule has 0 spiro atoms. The van der Waals surface area contributed by atoms with Crippen molar-refractivity contribution in [3.63, 3.8) is 0 Å². The van der Waals surface area contributed by atoms with E-state index in [0.29, 0.717) is 19.1 Å². The van der Waals surface area contributed by atoms with Crippen LogP contribution in [0.3, 0.4) is 0 Å². The SMILES string of the molecule is COCc1ccccc1NC(N)=NCCN1CCc2ccccc2C1. The molecule has 0 saturated heterocycles. The van der Waals surface area contributed by atoms with E-state index < -0.39 is 0 Å². The van der Waals surface area contributed by atoms with Gasteiger partial charge in [-0.25, -0.2) is 0 Å². The van der Waals surface area contributed by atoms with Crippen LogP contribution in [0.5, 0.6) is 0 Å². The quantitative estimate of drug-likeness (QED) is 0.628. The van der Waals surface area contributed by atoms with Crippen molar-refractivity contribution in [2.45, 2.75) is 19.6 Å². The van der Waals surface area contributed by atoms with Gasteiger partial charge in [-0.15, -0.1) is 0 Å². The van der Waals surface area contributed by atoms with Crippen LogP contribution in [0, 0.1) is 0 Å². The largest absolute Gasteiger partial charge is 0.380 e. The third-order valence-corrected chi connectivity index (χ3v) is 4.49. The summed E-state index contributed by atoms with van der Waals surface area (Å²) in [4.78, 5) is 6.90. The van der Waals surface area contributed by atoms with Crippen LogP contribution in [0.2, 0.25) is 0 Å². The average molecular weight is 338 g/mol. The molecule has 0 saturated carbocycles. The molecule has 5 heteroatoms. The molecule has 0 amide bonds. The van der Waals surface area contributed by atoms with E-state index in [4.69, 9.17) is 10.5 Å². The van der Waals surface area contributed by atoms with Crippen molar-refractivity contribution < 1.29 is 4.74 Å². The van der Waals surface area contributed by atoms with Gasteiger partial charge in [0, 0.05) is 38.0 Å². The molecule has 0 unspecified atom stereocenters. The number of anilines is 1. The third kappa shape index (κ3) is 4.81. The summed E-state index contributed by atoms with van der Waals surface area (Å²) in [6.07, 6.45) is 1.11. The van der Waals surface area contributed by atoms with Gasteiger partial charge in [0.25, 0.3) is 0 Å². The van der Waals surface area contributed by atoms with E-state index in [0.717, 1.165) is 37.3 Å². The van der Waals surface area contributed by atoms with E-state index in [1.54, 1.807) is 7.11 Å². The molecule has 2 aromatic carbocycles. The maximum absolute atomic E-state index is 6.04. The molecule has 0 atom stereocenters. The number of nitrogens with two attached hydrogens (primary N) is 1. The maximum Gasteiger partial charge on any atom is 0.193 e. The lowest BCUT2D eigenvalue weighted by atomic mass is 10.0. The number of hydrogen-bond acceptors (Lipinski definition) is 3. The first-order valence-electron chi connectivity index (χ1n) is 8.69. The van der Waals surface area contributed by atoms with Gasteiger partial charge in [-0.2, -0.15) is 0 Å². The summed E-state index contributed by atoms with van der Waals surface area (Å²) in [5.41, 5.74) is 10.9. The summed E-state index contributed by atoms with van der Waals surface area (Å²) in [6.45, 7) is 4.22. The first kappa shape index (κ1) is 17.5. The Balaban J connectivity index is 1.51. The van der Waals surface area contributed by atoms with Gasteiger partial charge in [-0.3, -0.25) is 9.89 Å². The highest BCUT2D eigenvalue weighted by Gasteiger charge is 2.14. The molecule has 25 heavy (non-hydrogen) atoms. The van der Waals surface area contributed by atoms with Gasteiger partial charge in [-0.1, -0.05) is 42.5 Å². The molecule has 3 N–H and O–H groups in total. The summed E-state index contributed by atoms with van der Waals surface area (Å²) in [7, 11) is 1.69. The molecule has 1 heterocycles. The molecule has 0 radical (unpaired) electrons. The number of methoxy groups -OCH3 is 1. The van der Waals surface area contributed by atoms with Gasteiger partial charge in [0.05, 0.1) is 13.2 Å². The fourth-order valence-corrected chi connectivity index (χ4v) is 3.16. The predicted octanol–water partition coefficient (Wildman–Crippen LogP) is 2.62. The second kappa shape index (κ2) is 8.65. The normalized spacial score (nSPS) is 15.0. The highest BCUT2D eigenvalue weighted by atomic mass is 16.5. The highest BCUT2D eigenvalue weighted by Crippen LogP contribution is 2.18. The number of hydrogen-bond donors (Lipinski definition) is 2. The van der Waals surface area contributed by atoms with Gasteiger partial charge in [0.1, 0.15) is 0 Å². The Morgan fingerprint density at radius 3 is 2.76 bits per heavy atom. The van der Waals surface area contributed by atoms with E-state index in [9.17, 15) is 0 Å². The van der Waals surface area contributed by atoms with Crippen molar-refractivity contribution in [1.82, 2.24) is 4.90 Å². The van der Waals surface area contributed by atoms with Crippen LogP contribution in [-0.4, -0.2) is 37.6 Å². The molecule has 0 bridgehead atoms. The highest BCUT2D eigenvalue weighted by molar-refractivity contribution is 5.92. The monoisotopic (exact) mass is 338 g/mol. The Bertz CT molecular complexity index is 729. The minimum Gasteiger partial charge on any atom is -0.380 e. The lowest BCUT2D eigenvalue weighted by Gasteiger charge is -2.28. The summed E-state index contributed by atoms with van der Waals surface area (Å²) in [6, 6.07) is 16.6. The molecule has 5 nitrogen and oxygen atoms in total. The van der Waals surface area contributed by atoms with E-state index in [2.05, 4.69) is 39.5 Å². The number of ether oxygens (including phenoxy) is 1. The molecule has 0 fully saturated rings. The van der Waals surface area contributed by atoms with Crippen LogP contribution < -0.4 is 11.1 Å². The van der Waals surface area contributed by atoms with Gasteiger partial charge >= 0.3 is 0 Å². The molecular formula is C20H26N4O. The van der Waals surface area contributed by atoms with Gasteiger partial charge in [0.15, 0.2) is 5.96 Å². The second-order valence-electron chi connectivity index (χ2n) is 6.28. The zero-order valence-corrected chi connectivity index (χ0v) is 14.7. The predicted molar refractivity (Wildman–Crippen MR) is 103 cm³/mol. The molecule has 2 aromatic rings. The van der Waals surface area contributed by atoms with Crippen molar-refractivity contribution >= 4 is 11.6 Å². The minimum absolute atomic E-state index is 0.445. The van der Waals surface area contributed by atoms with E-state index in [1.807, 2.05) is 24.3 Å². The standard InChI is InChI=1S/C20H26N4O/c1-25-15-18-8-4-5-9-19(18)23-20(21)22-11-13-24-12-10-16-6-2-3-7-17(16)14-24/h2-9H,10-15H2,1H3,(H3,21,22,23). The zero-order valence-electron chi connectivity index (χ0n) is 14.7. The van der Waals surface area contributed by atoms with Crippen molar-refractivity contribution in [1.29, 1.82) is 0 Å². The Hall–Kier alpha value is -2.37. The smallest absolute Gasteiger partial charge is 0.193 e. The summed E-state index contributed by atoms with van der Waals surface area (Å²) >= 11 is 0. The van der Waals surface area contributed by atoms with Crippen LogP contribution in [0.4, 0.5) is 5.69 Å². The fourth-order valence-electron chi connectivity index (χ4n) is 3.16. The lowest BCUT2D eigenvalue weighted by molar-refractivity contribution is 0.185. The topological polar surface area (TPSA) is 62.9 Å². The van der Waals surface area contributed by atoms with Gasteiger partial charge < -0.3 is 15.8 Å². The molecular weight excluding hydrogens is 312 g/mol. The molecule has 0 aromatic heterocycles. The Labute approximate surface area is 149 Å². The second-order valence-corrected chi connectivity index (χ2v) is 6.28. The maximum atomic E-state index is 6.04. The number of para-hydroxylation sites is 1. The third-order valence-electron chi connectivity index (χ3n) is 4.49. The number of rotatable bonds is 6. The number of nitrogens with one attached hydrogen (secondary N) is 1. The van der Waals surface area contributed by atoms with Crippen molar-refractivity contribution in [3.05, 3.63) is 65.2 Å². The molecule has 3 rings (SSSR count). The summed E-state index contributed by atoms with van der Waals surface area (Å²) < 4.78 is 5.21. The van der Waals surface area contributed by atoms with Crippen molar-refractivity contribution in [2.75, 3.05) is 32.1 Å². The molecule has 1 aliphatic rings. The summed E-state index contributed by atoms with van der Waals surface area (Å²) in [5.74, 6) is 0.445. The van der Waals surface area contributed by atoms with Crippen molar-refractivity contribution in [2.24, 2.45) is 10.7 Å². The van der Waals surface area contributed by atoms with Crippen LogP contribution in [0.15, 0.2) is 53.5 Å². The number of guanidine groups is 1. The fraction of sp³-hybridized carbons (Fsp3) is 0.350. The lowest BCUT2D eigenvalue weighted by Crippen LogP contribution is -2.33.